The van der Waals surface area contributed by atoms with E-state index in [1.165, 1.54) is 31.4 Å². The van der Waals surface area contributed by atoms with Gasteiger partial charge in [0, 0.05) is 11.6 Å². The van der Waals surface area contributed by atoms with Gasteiger partial charge in [-0.25, -0.2) is 12.8 Å². The molecule has 0 unspecified atom stereocenters. The van der Waals surface area contributed by atoms with Gasteiger partial charge in [0.2, 0.25) is 15.9 Å². The Morgan fingerprint density at radius 3 is 2.59 bits per heavy atom. The molecule has 0 saturated carbocycles. The van der Waals surface area contributed by atoms with Gasteiger partial charge in [0.1, 0.15) is 17.6 Å². The number of carbonyl (C=O) groups is 1. The Bertz CT molecular complexity index is 950. The highest BCUT2D eigenvalue weighted by Gasteiger charge is 2.39. The number of benzene rings is 2. The van der Waals surface area contributed by atoms with Gasteiger partial charge >= 0.3 is 0 Å². The molecule has 0 spiro atoms. The number of methoxy groups -OCH3 is 1. The molecule has 27 heavy (non-hydrogen) atoms. The van der Waals surface area contributed by atoms with Crippen LogP contribution in [0.5, 0.6) is 5.75 Å². The quantitative estimate of drug-likeness (QED) is 0.817. The molecule has 1 heterocycles. The van der Waals surface area contributed by atoms with Gasteiger partial charge in [-0.3, -0.25) is 4.79 Å². The molecule has 1 atom stereocenters. The maximum absolute atomic E-state index is 13.9. The molecule has 144 valence electrons. The van der Waals surface area contributed by atoms with Crippen LogP contribution in [0.4, 0.5) is 10.1 Å². The number of nitrogens with zero attached hydrogens (tertiary/aromatic N) is 1. The van der Waals surface area contributed by atoms with E-state index in [9.17, 15) is 17.6 Å². The monoisotopic (exact) mass is 412 g/mol. The highest BCUT2D eigenvalue weighted by Crippen LogP contribution is 2.28. The van der Waals surface area contributed by atoms with E-state index in [2.05, 4.69) is 5.32 Å². The SMILES string of the molecule is COc1ccc(S(=O)(=O)N2CCC[C@H]2C(=O)Nc2ccc(Cl)cc2F)cc1. The van der Waals surface area contributed by atoms with Crippen LogP contribution in [0.25, 0.3) is 0 Å². The molecule has 1 saturated heterocycles. The molecule has 1 amide bonds. The van der Waals surface area contributed by atoms with E-state index in [0.717, 1.165) is 10.4 Å². The van der Waals surface area contributed by atoms with Crippen LogP contribution >= 0.6 is 11.6 Å². The van der Waals surface area contributed by atoms with Crippen molar-refractivity contribution in [3.05, 3.63) is 53.3 Å². The predicted molar refractivity (Wildman–Crippen MR) is 99.9 cm³/mol. The molecule has 9 heteroatoms. The number of rotatable bonds is 5. The zero-order chi connectivity index (χ0) is 19.6. The number of nitrogens with one attached hydrogen (secondary N) is 1. The molecule has 2 aromatic rings. The summed E-state index contributed by atoms with van der Waals surface area (Å²) >= 11 is 5.70. The average Bonchev–Trinajstić information content (AvgIpc) is 3.15. The third kappa shape index (κ3) is 4.07. The number of halogens is 2. The van der Waals surface area contributed by atoms with Crippen molar-refractivity contribution in [1.82, 2.24) is 4.31 Å². The van der Waals surface area contributed by atoms with Gasteiger partial charge in [0.15, 0.2) is 0 Å². The van der Waals surface area contributed by atoms with Gasteiger partial charge in [0.25, 0.3) is 0 Å². The van der Waals surface area contributed by atoms with Crippen LogP contribution < -0.4 is 10.1 Å². The van der Waals surface area contributed by atoms with Crippen molar-refractivity contribution in [2.75, 3.05) is 19.0 Å². The molecule has 1 fully saturated rings. The Kier molecular flexibility index (Phi) is 5.69. The molecule has 0 aliphatic carbocycles. The summed E-state index contributed by atoms with van der Waals surface area (Å²) in [5.74, 6) is -0.730. The molecule has 0 aromatic heterocycles. The summed E-state index contributed by atoms with van der Waals surface area (Å²) in [7, 11) is -2.38. The molecule has 3 rings (SSSR count). The maximum Gasteiger partial charge on any atom is 0.243 e. The summed E-state index contributed by atoms with van der Waals surface area (Å²) in [6, 6.07) is 8.90. The highest BCUT2D eigenvalue weighted by atomic mass is 35.5. The first-order chi connectivity index (χ1) is 12.8. The molecule has 0 bridgehead atoms. The first-order valence-corrected chi connectivity index (χ1v) is 10.1. The number of carbonyl (C=O) groups excluding carboxylic acids is 1. The van der Waals surface area contributed by atoms with Gasteiger partial charge in [-0.1, -0.05) is 11.6 Å². The highest BCUT2D eigenvalue weighted by molar-refractivity contribution is 7.89. The Labute approximate surface area is 161 Å². The van der Waals surface area contributed by atoms with E-state index in [1.807, 2.05) is 0 Å². The summed E-state index contributed by atoms with van der Waals surface area (Å²) in [6.07, 6.45) is 0.896. The van der Waals surface area contributed by atoms with Crippen molar-refractivity contribution >= 4 is 33.2 Å². The van der Waals surface area contributed by atoms with Crippen LogP contribution in [0.15, 0.2) is 47.4 Å². The number of sulfonamides is 1. The predicted octanol–water partition coefficient (Wildman–Crippen LogP) is 3.28. The largest absolute Gasteiger partial charge is 0.497 e. The first-order valence-electron chi connectivity index (χ1n) is 8.25. The van der Waals surface area contributed by atoms with Gasteiger partial charge in [-0.15, -0.1) is 0 Å². The topological polar surface area (TPSA) is 75.7 Å². The zero-order valence-corrected chi connectivity index (χ0v) is 16.1. The van der Waals surface area contributed by atoms with Crippen LogP contribution in [-0.4, -0.2) is 38.3 Å². The molecule has 2 aromatic carbocycles. The fourth-order valence-corrected chi connectivity index (χ4v) is 4.80. The van der Waals surface area contributed by atoms with Gasteiger partial charge in [-0.2, -0.15) is 4.31 Å². The van der Waals surface area contributed by atoms with E-state index in [0.29, 0.717) is 18.6 Å². The fraction of sp³-hybridized carbons (Fsp3) is 0.278. The molecular formula is C18H18ClFN2O4S. The molecule has 6 nitrogen and oxygen atoms in total. The number of anilines is 1. The van der Waals surface area contributed by atoms with Gasteiger partial charge in [0.05, 0.1) is 17.7 Å². The molecule has 1 aliphatic heterocycles. The average molecular weight is 413 g/mol. The number of amides is 1. The van der Waals surface area contributed by atoms with E-state index >= 15 is 0 Å². The summed E-state index contributed by atoms with van der Waals surface area (Å²) in [4.78, 5) is 12.7. The second kappa shape index (κ2) is 7.84. The molecular weight excluding hydrogens is 395 g/mol. The van der Waals surface area contributed by atoms with Crippen molar-refractivity contribution in [2.24, 2.45) is 0 Å². The lowest BCUT2D eigenvalue weighted by atomic mass is 10.2. The minimum absolute atomic E-state index is 0.0434. The Morgan fingerprint density at radius 1 is 1.26 bits per heavy atom. The van der Waals surface area contributed by atoms with Crippen molar-refractivity contribution in [3.8, 4) is 5.75 Å². The smallest absolute Gasteiger partial charge is 0.243 e. The fourth-order valence-electron chi connectivity index (χ4n) is 2.98. The van der Waals surface area contributed by atoms with Gasteiger partial charge < -0.3 is 10.1 Å². The van der Waals surface area contributed by atoms with Crippen LogP contribution in [0.1, 0.15) is 12.8 Å². The molecule has 1 N–H and O–H groups in total. The maximum atomic E-state index is 13.9. The van der Waals surface area contributed by atoms with Crippen molar-refractivity contribution in [1.29, 1.82) is 0 Å². The molecule has 1 aliphatic rings. The summed E-state index contributed by atoms with van der Waals surface area (Å²) in [5, 5.41) is 2.66. The van der Waals surface area contributed by atoms with Crippen molar-refractivity contribution < 1.29 is 22.3 Å². The number of hydrogen-bond acceptors (Lipinski definition) is 4. The van der Waals surface area contributed by atoms with E-state index in [-0.39, 0.29) is 22.2 Å². The zero-order valence-electron chi connectivity index (χ0n) is 14.5. The second-order valence-corrected chi connectivity index (χ2v) is 8.39. The van der Waals surface area contributed by atoms with Crippen LogP contribution in [-0.2, 0) is 14.8 Å². The Hall–Kier alpha value is -2.16. The van der Waals surface area contributed by atoms with Crippen molar-refractivity contribution in [3.63, 3.8) is 0 Å². The summed E-state index contributed by atoms with van der Waals surface area (Å²) < 4.78 is 46.0. The number of ether oxygens (including phenoxy) is 1. The lowest BCUT2D eigenvalue weighted by molar-refractivity contribution is -0.119. The van der Waals surface area contributed by atoms with Crippen LogP contribution in [0.2, 0.25) is 5.02 Å². The standard InChI is InChI=1S/C18H18ClFN2O4S/c1-26-13-5-7-14(8-6-13)27(24,25)22-10-2-3-17(22)18(23)21-16-9-4-12(19)11-15(16)20/h4-9,11,17H,2-3,10H2,1H3,(H,21,23)/t17-/m0/s1. The minimum atomic E-state index is -3.86. The first kappa shape index (κ1) is 19.6. The van der Waals surface area contributed by atoms with Crippen molar-refractivity contribution in [2.45, 2.75) is 23.8 Å². The van der Waals surface area contributed by atoms with Crippen LogP contribution in [0, 0.1) is 5.82 Å². The Balaban J connectivity index is 1.82. The van der Waals surface area contributed by atoms with E-state index in [4.69, 9.17) is 16.3 Å². The summed E-state index contributed by atoms with van der Waals surface area (Å²) in [5.41, 5.74) is -0.0434. The minimum Gasteiger partial charge on any atom is -0.497 e. The third-order valence-corrected chi connectivity index (χ3v) is 6.52. The Morgan fingerprint density at radius 2 is 1.96 bits per heavy atom. The third-order valence-electron chi connectivity index (χ3n) is 4.36. The molecule has 0 radical (unpaired) electrons. The second-order valence-electron chi connectivity index (χ2n) is 6.06. The summed E-state index contributed by atoms with van der Waals surface area (Å²) in [6.45, 7) is 0.218. The van der Waals surface area contributed by atoms with Gasteiger partial charge in [-0.05, 0) is 55.3 Å². The lowest BCUT2D eigenvalue weighted by Crippen LogP contribution is -2.43. The van der Waals surface area contributed by atoms with E-state index < -0.39 is 27.8 Å². The lowest BCUT2D eigenvalue weighted by Gasteiger charge is -2.23. The van der Waals surface area contributed by atoms with Crippen LogP contribution in [0.3, 0.4) is 0 Å². The number of hydrogen-bond donors (Lipinski definition) is 1. The van der Waals surface area contributed by atoms with E-state index in [1.54, 1.807) is 12.1 Å². The normalized spacial score (nSPS) is 17.7.